The van der Waals surface area contributed by atoms with Gasteiger partial charge in [0.25, 0.3) is 0 Å². The van der Waals surface area contributed by atoms with Gasteiger partial charge in [0.1, 0.15) is 5.60 Å². The smallest absolute Gasteiger partial charge is 0.410 e. The first-order valence-corrected chi connectivity index (χ1v) is 19.5. The summed E-state index contributed by atoms with van der Waals surface area (Å²) < 4.78 is 16.2. The Bertz CT molecular complexity index is 1810. The monoisotopic (exact) mass is 721 g/mol. The van der Waals surface area contributed by atoms with Crippen LogP contribution >= 0.6 is 11.6 Å². The number of anilines is 1. The molecule has 2 spiro atoms. The van der Waals surface area contributed by atoms with Gasteiger partial charge in [0.2, 0.25) is 0 Å². The van der Waals surface area contributed by atoms with Crippen LogP contribution in [-0.4, -0.2) is 103 Å². The molecule has 3 aromatic rings. The maximum atomic E-state index is 12.8. The number of benzene rings is 1. The highest BCUT2D eigenvalue weighted by molar-refractivity contribution is 6.36. The van der Waals surface area contributed by atoms with Gasteiger partial charge in [-0.3, -0.25) is 9.58 Å². The number of ether oxygens (including phenoxy) is 2. The van der Waals surface area contributed by atoms with E-state index in [0.29, 0.717) is 6.54 Å². The van der Waals surface area contributed by atoms with Crippen molar-refractivity contribution in [1.29, 1.82) is 0 Å². The minimum Gasteiger partial charge on any atom is -0.444 e. The number of aromatic nitrogens is 4. The van der Waals surface area contributed by atoms with Crippen molar-refractivity contribution < 1.29 is 19.4 Å². The van der Waals surface area contributed by atoms with Gasteiger partial charge in [-0.15, -0.1) is 0 Å². The Hall–Kier alpha value is -2.86. The van der Waals surface area contributed by atoms with Crippen molar-refractivity contribution in [2.45, 2.75) is 129 Å². The molecule has 2 aliphatic carbocycles. The maximum absolute atomic E-state index is 12.8. The van der Waals surface area contributed by atoms with Gasteiger partial charge in [-0.05, 0) is 111 Å². The van der Waals surface area contributed by atoms with E-state index < -0.39 is 11.2 Å². The zero-order valence-corrected chi connectivity index (χ0v) is 32.4. The number of carbonyl (C=O) groups excluding carboxylic acids is 1. The molecule has 1 aromatic carbocycles. The molecule has 51 heavy (non-hydrogen) atoms. The number of β-amino-alcohol motifs (C(OH)–C–C–N with tert-alkyl or cyclic N) is 1. The number of aliphatic hydroxyl groups is 1. The van der Waals surface area contributed by atoms with Crippen LogP contribution in [0.2, 0.25) is 5.02 Å². The fourth-order valence-corrected chi connectivity index (χ4v) is 9.95. The molecule has 0 radical (unpaired) electrons. The molecule has 3 aliphatic heterocycles. The molecule has 11 nitrogen and oxygen atoms in total. The second-order valence-electron chi connectivity index (χ2n) is 18.1. The molecule has 1 unspecified atom stereocenters. The molecular formula is C39H56ClN7O4. The second kappa shape index (κ2) is 12.4. The molecule has 3 saturated heterocycles. The van der Waals surface area contributed by atoms with Crippen LogP contribution in [0, 0.1) is 19.3 Å². The quantitative estimate of drug-likeness (QED) is 0.284. The first-order chi connectivity index (χ1) is 24.1. The lowest BCUT2D eigenvalue weighted by Gasteiger charge is -2.58. The SMILES string of the molecule is Cc1cc2c(cnn2C2CCCCO2)c(-c2c(N3CCN(CC(C)(C)O)CC34CCC4)nn(C3CC4(C3)CN(C(=O)OC(C)(C)C)C4)c2C)c1Cl. The van der Waals surface area contributed by atoms with E-state index in [-0.39, 0.29) is 29.3 Å². The van der Waals surface area contributed by atoms with E-state index in [1.165, 1.54) is 6.42 Å². The first kappa shape index (κ1) is 35.2. The number of fused-ring (bicyclic) bond motifs is 1. The highest BCUT2D eigenvalue weighted by atomic mass is 35.5. The average molecular weight is 722 g/mol. The second-order valence-corrected chi connectivity index (χ2v) is 18.5. The van der Waals surface area contributed by atoms with Crippen LogP contribution in [0.15, 0.2) is 12.3 Å². The normalized spacial score (nSPS) is 23.8. The van der Waals surface area contributed by atoms with Crippen LogP contribution in [0.4, 0.5) is 10.6 Å². The summed E-state index contributed by atoms with van der Waals surface area (Å²) >= 11 is 7.40. The number of piperazine rings is 1. The Morgan fingerprint density at radius 3 is 2.41 bits per heavy atom. The van der Waals surface area contributed by atoms with Crippen LogP contribution < -0.4 is 4.90 Å². The lowest BCUT2D eigenvalue weighted by Crippen LogP contribution is -2.67. The van der Waals surface area contributed by atoms with Gasteiger partial charge < -0.3 is 24.4 Å². The maximum Gasteiger partial charge on any atom is 0.410 e. The van der Waals surface area contributed by atoms with Gasteiger partial charge in [0.05, 0.1) is 33.9 Å². The molecule has 5 aliphatic rings. The van der Waals surface area contributed by atoms with Crippen molar-refractivity contribution in [3.63, 3.8) is 0 Å². The average Bonchev–Trinajstić information content (AvgIpc) is 3.55. The summed E-state index contributed by atoms with van der Waals surface area (Å²) in [7, 11) is 0. The summed E-state index contributed by atoms with van der Waals surface area (Å²) in [5.41, 5.74) is 4.13. The van der Waals surface area contributed by atoms with Crippen LogP contribution in [0.5, 0.6) is 0 Å². The van der Waals surface area contributed by atoms with Crippen molar-refractivity contribution >= 4 is 34.4 Å². The van der Waals surface area contributed by atoms with Crippen LogP contribution in [0.25, 0.3) is 22.0 Å². The van der Waals surface area contributed by atoms with Gasteiger partial charge in [-0.25, -0.2) is 9.48 Å². The number of rotatable bonds is 6. The highest BCUT2D eigenvalue weighted by Gasteiger charge is 2.56. The first-order valence-electron chi connectivity index (χ1n) is 19.1. The van der Waals surface area contributed by atoms with Gasteiger partial charge in [0, 0.05) is 73.5 Å². The van der Waals surface area contributed by atoms with Crippen molar-refractivity contribution in [2.24, 2.45) is 5.41 Å². The van der Waals surface area contributed by atoms with Gasteiger partial charge in [0.15, 0.2) is 12.0 Å². The Labute approximate surface area is 307 Å². The summed E-state index contributed by atoms with van der Waals surface area (Å²) in [5, 5.41) is 23.0. The summed E-state index contributed by atoms with van der Waals surface area (Å²) in [6.07, 6.45) is 10.2. The summed E-state index contributed by atoms with van der Waals surface area (Å²) in [6.45, 7) is 19.3. The fraction of sp³-hybridized carbons (Fsp3) is 0.718. The molecule has 5 fully saturated rings. The van der Waals surface area contributed by atoms with Gasteiger partial charge in [-0.1, -0.05) is 11.6 Å². The minimum absolute atomic E-state index is 0.0395. The number of halogens is 1. The molecule has 8 rings (SSSR count). The number of carbonyl (C=O) groups is 1. The molecule has 1 amide bonds. The van der Waals surface area contributed by atoms with E-state index in [4.69, 9.17) is 31.3 Å². The Balaban J connectivity index is 1.18. The van der Waals surface area contributed by atoms with Crippen LogP contribution in [0.1, 0.15) is 110 Å². The Kier molecular flexibility index (Phi) is 8.52. The van der Waals surface area contributed by atoms with Gasteiger partial charge in [-0.2, -0.15) is 10.2 Å². The topological polar surface area (TPSA) is 101 Å². The molecule has 0 bridgehead atoms. The zero-order valence-electron chi connectivity index (χ0n) is 31.6. The molecule has 2 saturated carbocycles. The predicted octanol–water partition coefficient (Wildman–Crippen LogP) is 7.26. The summed E-state index contributed by atoms with van der Waals surface area (Å²) in [5.74, 6) is 1.01. The zero-order chi connectivity index (χ0) is 36.1. The number of nitrogens with zero attached hydrogens (tertiary/aromatic N) is 7. The summed E-state index contributed by atoms with van der Waals surface area (Å²) in [4.78, 5) is 19.6. The standard InChI is InChI=1S/C39H56ClN7O4/c1-25-17-29-28(20-41-47(29)30-11-8-9-16-50-30)32(33(25)40)31-26(2)46(27-18-38(19-27)22-44(23-38)35(48)51-36(3,4)5)42-34(31)45-15-14-43(21-37(6,7)49)24-39(45)12-10-13-39/h17,20,27,30,49H,8-16,18-19,21-24H2,1-7H3. The van der Waals surface area contributed by atoms with Gasteiger partial charge >= 0.3 is 6.09 Å². The number of hydrogen-bond donors (Lipinski definition) is 1. The third-order valence-electron chi connectivity index (χ3n) is 12.1. The molecule has 5 heterocycles. The number of amides is 1. The van der Waals surface area contributed by atoms with E-state index in [0.717, 1.165) is 128 Å². The largest absolute Gasteiger partial charge is 0.444 e. The fourth-order valence-electron chi connectivity index (χ4n) is 9.70. The lowest BCUT2D eigenvalue weighted by molar-refractivity contribution is -0.0930. The Morgan fingerprint density at radius 2 is 1.78 bits per heavy atom. The molecule has 12 heteroatoms. The van der Waals surface area contributed by atoms with Crippen molar-refractivity contribution in [1.82, 2.24) is 29.4 Å². The minimum atomic E-state index is -0.750. The molecule has 278 valence electrons. The number of hydrogen-bond acceptors (Lipinski definition) is 8. The van der Waals surface area contributed by atoms with E-state index in [1.807, 2.05) is 45.7 Å². The third-order valence-corrected chi connectivity index (χ3v) is 12.6. The Morgan fingerprint density at radius 1 is 1.04 bits per heavy atom. The molecule has 2 aromatic heterocycles. The van der Waals surface area contributed by atoms with E-state index in [9.17, 15) is 9.90 Å². The summed E-state index contributed by atoms with van der Waals surface area (Å²) in [6, 6.07) is 2.40. The lowest BCUT2D eigenvalue weighted by atomic mass is 9.61. The van der Waals surface area contributed by atoms with Crippen molar-refractivity contribution in [2.75, 3.05) is 50.8 Å². The van der Waals surface area contributed by atoms with Crippen molar-refractivity contribution in [3.05, 3.63) is 28.5 Å². The van der Waals surface area contributed by atoms with Crippen LogP contribution in [-0.2, 0) is 9.47 Å². The third kappa shape index (κ3) is 6.23. The number of likely N-dealkylation sites (tertiary alicyclic amines) is 1. The molecular weight excluding hydrogens is 666 g/mol. The van der Waals surface area contributed by atoms with E-state index in [2.05, 4.69) is 39.1 Å². The number of aryl methyl sites for hydroxylation is 1. The van der Waals surface area contributed by atoms with E-state index >= 15 is 0 Å². The predicted molar refractivity (Wildman–Crippen MR) is 199 cm³/mol. The van der Waals surface area contributed by atoms with Crippen molar-refractivity contribution in [3.8, 4) is 11.1 Å². The van der Waals surface area contributed by atoms with Crippen LogP contribution in [0.3, 0.4) is 0 Å². The van der Waals surface area contributed by atoms with E-state index in [1.54, 1.807) is 0 Å². The molecule has 1 N–H and O–H groups in total. The highest BCUT2D eigenvalue weighted by Crippen LogP contribution is 2.56. The molecule has 1 atom stereocenters.